The number of hydrogen-bond acceptors (Lipinski definition) is 3. The summed E-state index contributed by atoms with van der Waals surface area (Å²) in [6, 6.07) is 32.0. The molecule has 200 valence electrons. The minimum atomic E-state index is -0.869. The van der Waals surface area contributed by atoms with Gasteiger partial charge in [-0.05, 0) is 48.7 Å². The summed E-state index contributed by atoms with van der Waals surface area (Å²) in [5, 5.41) is 3.31. The molecule has 0 radical (unpaired) electrons. The number of fused-ring (bicyclic) bond motifs is 2. The van der Waals surface area contributed by atoms with Crippen molar-refractivity contribution in [1.82, 2.24) is 5.32 Å². The number of aliphatic imine (C=N–C) groups is 1. The van der Waals surface area contributed by atoms with Gasteiger partial charge in [-0.15, -0.1) is 0 Å². The number of halogens is 1. The van der Waals surface area contributed by atoms with Gasteiger partial charge in [0.1, 0.15) is 6.04 Å². The molecule has 40 heavy (non-hydrogen) atoms. The van der Waals surface area contributed by atoms with Gasteiger partial charge < -0.3 is 5.32 Å². The maximum atomic E-state index is 14.5. The predicted octanol–water partition coefficient (Wildman–Crippen LogP) is 7.77. The fourth-order valence-electron chi connectivity index (χ4n) is 5.72. The Labute approximate surface area is 243 Å². The van der Waals surface area contributed by atoms with Crippen molar-refractivity contribution in [3.8, 4) is 0 Å². The van der Waals surface area contributed by atoms with Gasteiger partial charge in [0.25, 0.3) is 5.91 Å². The van der Waals surface area contributed by atoms with Crippen LogP contribution in [0.1, 0.15) is 65.2 Å². The van der Waals surface area contributed by atoms with E-state index in [2.05, 4.69) is 21.2 Å². The number of anilines is 1. The molecule has 1 unspecified atom stereocenters. The lowest BCUT2D eigenvalue weighted by Crippen LogP contribution is -2.48. The Hall–Kier alpha value is -4.03. The van der Waals surface area contributed by atoms with Crippen molar-refractivity contribution in [2.75, 3.05) is 4.90 Å². The Bertz CT molecular complexity index is 1560. The first-order chi connectivity index (χ1) is 19.6. The minimum Gasteiger partial charge on any atom is -0.351 e. The average molecular weight is 593 g/mol. The van der Waals surface area contributed by atoms with E-state index >= 15 is 0 Å². The fraction of sp³-hybridized carbons (Fsp3) is 0.206. The van der Waals surface area contributed by atoms with Crippen molar-refractivity contribution in [2.24, 2.45) is 4.99 Å². The zero-order valence-corrected chi connectivity index (χ0v) is 23.7. The highest BCUT2D eigenvalue weighted by atomic mass is 79.9. The van der Waals surface area contributed by atoms with Crippen LogP contribution in [0.3, 0.4) is 0 Å². The van der Waals surface area contributed by atoms with Crippen LogP contribution < -0.4 is 10.2 Å². The Morgan fingerprint density at radius 1 is 0.800 bits per heavy atom. The molecule has 1 atom stereocenters. The summed E-state index contributed by atoms with van der Waals surface area (Å²) in [7, 11) is 0. The van der Waals surface area contributed by atoms with Crippen LogP contribution in [0.25, 0.3) is 0 Å². The van der Waals surface area contributed by atoms with E-state index in [0.717, 1.165) is 52.6 Å². The third-order valence-electron chi connectivity index (χ3n) is 7.70. The number of hydrogen-bond donors (Lipinski definition) is 1. The summed E-state index contributed by atoms with van der Waals surface area (Å²) < 4.78 is 0.908. The zero-order valence-electron chi connectivity index (χ0n) is 22.1. The number of benzene rings is 4. The molecule has 1 saturated carbocycles. The molecule has 1 heterocycles. The number of carbonyl (C=O) groups excluding carboxylic acids is 2. The molecule has 4 aromatic carbocycles. The first kappa shape index (κ1) is 26.2. The molecular formula is C34H30BrN3O2. The second-order valence-corrected chi connectivity index (χ2v) is 11.2. The first-order valence-electron chi connectivity index (χ1n) is 13.8. The van der Waals surface area contributed by atoms with E-state index in [9.17, 15) is 9.59 Å². The zero-order chi connectivity index (χ0) is 27.5. The monoisotopic (exact) mass is 591 g/mol. The third-order valence-corrected chi connectivity index (χ3v) is 8.22. The van der Waals surface area contributed by atoms with Crippen LogP contribution in [0.4, 0.5) is 11.4 Å². The summed E-state index contributed by atoms with van der Waals surface area (Å²) in [6.07, 6.45) is 5.31. The second-order valence-electron chi connectivity index (χ2n) is 10.3. The van der Waals surface area contributed by atoms with Gasteiger partial charge in [0.2, 0.25) is 5.91 Å². The van der Waals surface area contributed by atoms with Gasteiger partial charge >= 0.3 is 0 Å². The molecule has 0 aromatic heterocycles. The molecule has 1 aliphatic carbocycles. The van der Waals surface area contributed by atoms with Crippen molar-refractivity contribution >= 4 is 44.8 Å². The van der Waals surface area contributed by atoms with Crippen molar-refractivity contribution < 1.29 is 9.59 Å². The molecule has 1 N–H and O–H groups in total. The van der Waals surface area contributed by atoms with Crippen molar-refractivity contribution in [2.45, 2.75) is 44.2 Å². The maximum absolute atomic E-state index is 14.5. The molecule has 4 aromatic rings. The van der Waals surface area contributed by atoms with E-state index < -0.39 is 6.04 Å². The molecule has 0 saturated heterocycles. The SMILES string of the molecule is O=C(NC1CCCCC1)C(c1ccc(Br)cc1)N1C(=O)c2ccccc2N=C(c2ccccc2)c2ccccc21. The molecule has 0 bridgehead atoms. The summed E-state index contributed by atoms with van der Waals surface area (Å²) in [5.74, 6) is -0.431. The van der Waals surface area contributed by atoms with Crippen molar-refractivity contribution in [3.63, 3.8) is 0 Å². The van der Waals surface area contributed by atoms with Crippen LogP contribution in [-0.2, 0) is 4.79 Å². The highest BCUT2D eigenvalue weighted by Gasteiger charge is 2.37. The van der Waals surface area contributed by atoms with Gasteiger partial charge in [-0.2, -0.15) is 0 Å². The van der Waals surface area contributed by atoms with E-state index in [0.29, 0.717) is 16.9 Å². The van der Waals surface area contributed by atoms with Gasteiger partial charge in [0.05, 0.1) is 22.6 Å². The summed E-state index contributed by atoms with van der Waals surface area (Å²) in [4.78, 5) is 35.5. The molecular weight excluding hydrogens is 562 g/mol. The lowest BCUT2D eigenvalue weighted by Gasteiger charge is -2.35. The maximum Gasteiger partial charge on any atom is 0.261 e. The van der Waals surface area contributed by atoms with Crippen LogP contribution in [-0.4, -0.2) is 23.6 Å². The Morgan fingerprint density at radius 2 is 1.45 bits per heavy atom. The lowest BCUT2D eigenvalue weighted by atomic mass is 9.93. The van der Waals surface area contributed by atoms with E-state index in [-0.39, 0.29) is 17.9 Å². The van der Waals surface area contributed by atoms with Gasteiger partial charge in [-0.25, -0.2) is 4.99 Å². The van der Waals surface area contributed by atoms with E-state index in [1.54, 1.807) is 11.0 Å². The van der Waals surface area contributed by atoms with Gasteiger partial charge in [0, 0.05) is 21.6 Å². The first-order valence-corrected chi connectivity index (χ1v) is 14.6. The highest BCUT2D eigenvalue weighted by Crippen LogP contribution is 2.38. The second kappa shape index (κ2) is 11.6. The van der Waals surface area contributed by atoms with E-state index in [1.807, 2.05) is 97.1 Å². The molecule has 0 spiro atoms. The lowest BCUT2D eigenvalue weighted by molar-refractivity contribution is -0.123. The van der Waals surface area contributed by atoms with Crippen molar-refractivity contribution in [1.29, 1.82) is 0 Å². The summed E-state index contributed by atoms with van der Waals surface area (Å²) in [5.41, 5.74) is 4.91. The number of amides is 2. The molecule has 5 nitrogen and oxygen atoms in total. The van der Waals surface area contributed by atoms with Crippen LogP contribution in [0.15, 0.2) is 113 Å². The normalized spacial score (nSPS) is 16.2. The number of nitrogens with zero attached hydrogens (tertiary/aromatic N) is 2. The fourth-order valence-corrected chi connectivity index (χ4v) is 5.98. The Balaban J connectivity index is 1.57. The summed E-state index contributed by atoms with van der Waals surface area (Å²) >= 11 is 3.53. The third kappa shape index (κ3) is 5.24. The number of rotatable bonds is 5. The predicted molar refractivity (Wildman–Crippen MR) is 163 cm³/mol. The van der Waals surface area contributed by atoms with Crippen LogP contribution in [0, 0.1) is 0 Å². The largest absolute Gasteiger partial charge is 0.351 e. The molecule has 2 aliphatic rings. The molecule has 1 fully saturated rings. The van der Waals surface area contributed by atoms with Crippen LogP contribution in [0.2, 0.25) is 0 Å². The molecule has 2 amide bonds. The average Bonchev–Trinajstić information content (AvgIpc) is 2.99. The standard InChI is InChI=1S/C34H30BrN3O2/c35-25-21-19-24(20-22-25)32(33(39)36-26-13-5-2-6-14-26)38-30-18-10-8-16-28(30)31(23-11-3-1-4-12-23)37-29-17-9-7-15-27(29)34(38)40/h1,3-4,7-12,15-22,26,32H,2,5-6,13-14H2,(H,36,39). The number of nitrogens with one attached hydrogen (secondary N) is 1. The van der Waals surface area contributed by atoms with E-state index in [4.69, 9.17) is 4.99 Å². The summed E-state index contributed by atoms with van der Waals surface area (Å²) in [6.45, 7) is 0. The van der Waals surface area contributed by atoms with Crippen molar-refractivity contribution in [3.05, 3.63) is 130 Å². The topological polar surface area (TPSA) is 61.8 Å². The van der Waals surface area contributed by atoms with Crippen LogP contribution >= 0.6 is 15.9 Å². The van der Waals surface area contributed by atoms with Crippen LogP contribution in [0.5, 0.6) is 0 Å². The Kier molecular flexibility index (Phi) is 7.60. The van der Waals surface area contributed by atoms with Gasteiger partial charge in [-0.3, -0.25) is 14.5 Å². The van der Waals surface area contributed by atoms with Gasteiger partial charge in [-0.1, -0.05) is 108 Å². The smallest absolute Gasteiger partial charge is 0.261 e. The quantitative estimate of drug-likeness (QED) is 0.258. The minimum absolute atomic E-state index is 0.105. The highest BCUT2D eigenvalue weighted by molar-refractivity contribution is 9.10. The number of carbonyl (C=O) groups is 2. The van der Waals surface area contributed by atoms with Gasteiger partial charge in [0.15, 0.2) is 0 Å². The van der Waals surface area contributed by atoms with E-state index in [1.165, 1.54) is 6.42 Å². The number of para-hydroxylation sites is 2. The molecule has 6 rings (SSSR count). The molecule has 1 aliphatic heterocycles. The molecule has 6 heteroatoms. The Morgan fingerprint density at radius 3 is 2.20 bits per heavy atom.